The summed E-state index contributed by atoms with van der Waals surface area (Å²) in [7, 11) is 0. The average molecular weight is 454 g/mol. The molecule has 4 nitrogen and oxygen atoms in total. The predicted octanol–water partition coefficient (Wildman–Crippen LogP) is 5.50. The van der Waals surface area contributed by atoms with Crippen LogP contribution in [0.25, 0.3) is 11.1 Å². The Morgan fingerprint density at radius 2 is 1.40 bits per heavy atom. The third-order valence-electron chi connectivity index (χ3n) is 6.38. The van der Waals surface area contributed by atoms with E-state index in [1.165, 1.54) is 13.8 Å². The molecule has 0 saturated carbocycles. The van der Waals surface area contributed by atoms with Crippen LogP contribution < -0.4 is 0 Å². The van der Waals surface area contributed by atoms with Gasteiger partial charge < -0.3 is 0 Å². The molecule has 2 aliphatic carbocycles. The Bertz CT molecular complexity index is 1140. The molecular weight excluding hydrogens is 428 g/mol. The van der Waals surface area contributed by atoms with Gasteiger partial charge in [0.05, 0.1) is 0 Å². The molecule has 6 heteroatoms. The number of fused-ring (bicyclic) bond motifs is 3. The molecule has 154 valence electrons. The molecule has 4 rings (SSSR count). The van der Waals surface area contributed by atoms with Crippen LogP contribution in [0, 0.1) is 0 Å². The van der Waals surface area contributed by atoms with Gasteiger partial charge in [-0.1, -0.05) is 0 Å². The Hall–Kier alpha value is -2.21. The molecule has 0 atom stereocenters. The molecule has 2 aromatic rings. The summed E-state index contributed by atoms with van der Waals surface area (Å²) in [6.45, 7) is 7.15. The number of carbonyl (C=O) groups excluding carboxylic acids is 2. The second kappa shape index (κ2) is 7.49. The molecule has 2 aliphatic rings. The number of allylic oxidation sites excluding steroid dienone is 4. The van der Waals surface area contributed by atoms with Crippen molar-refractivity contribution in [3.63, 3.8) is 0 Å². The van der Waals surface area contributed by atoms with Gasteiger partial charge in [-0.3, -0.25) is 0 Å². The van der Waals surface area contributed by atoms with Crippen LogP contribution in [0.1, 0.15) is 35.6 Å². The fourth-order valence-electron chi connectivity index (χ4n) is 5.36. The van der Waals surface area contributed by atoms with Gasteiger partial charge in [-0.05, 0) is 0 Å². The molecule has 2 aromatic carbocycles. The van der Waals surface area contributed by atoms with E-state index in [1.807, 2.05) is 36.4 Å². The van der Waals surface area contributed by atoms with Crippen LogP contribution in [0.3, 0.4) is 0 Å². The quantitative estimate of drug-likeness (QED) is 0.573. The van der Waals surface area contributed by atoms with Crippen molar-refractivity contribution in [1.29, 1.82) is 0 Å². The van der Waals surface area contributed by atoms with Crippen LogP contribution in [0.2, 0.25) is 13.1 Å². The molecule has 0 aromatic heterocycles. The minimum absolute atomic E-state index is 0.253. The molecule has 0 fully saturated rings. The van der Waals surface area contributed by atoms with E-state index >= 15 is 0 Å². The zero-order valence-corrected chi connectivity index (χ0v) is 20.3. The number of rotatable bonds is 4. The van der Waals surface area contributed by atoms with Crippen molar-refractivity contribution in [3.8, 4) is 11.1 Å². The molecule has 0 radical (unpaired) electrons. The maximum absolute atomic E-state index is 12.7. The number of hydrogen-bond acceptors (Lipinski definition) is 4. The third-order valence-corrected chi connectivity index (χ3v) is 27.7. The second-order valence-corrected chi connectivity index (χ2v) is 25.0. The van der Waals surface area contributed by atoms with Gasteiger partial charge in [0.2, 0.25) is 0 Å². The van der Waals surface area contributed by atoms with Gasteiger partial charge in [-0.2, -0.15) is 0 Å². The van der Waals surface area contributed by atoms with Crippen molar-refractivity contribution in [1.82, 2.24) is 0 Å². The van der Waals surface area contributed by atoms with Crippen molar-refractivity contribution in [2.75, 3.05) is 0 Å². The SMILES string of the molecule is CC(=O)[O][Ti]([O]C(C)=O)([C]1=CC=CC1)([CH]1c2ccccc2-c2ccccc21)=[Si](C)C. The van der Waals surface area contributed by atoms with Gasteiger partial charge in [0, 0.05) is 0 Å². The van der Waals surface area contributed by atoms with Crippen molar-refractivity contribution in [2.24, 2.45) is 0 Å². The maximum atomic E-state index is 12.7. The Morgan fingerprint density at radius 3 is 1.80 bits per heavy atom. The average Bonchev–Trinajstić information content (AvgIpc) is 3.34. The summed E-state index contributed by atoms with van der Waals surface area (Å²) in [4.78, 5) is 25.4. The molecule has 0 heterocycles. The molecule has 0 unspecified atom stereocenters. The summed E-state index contributed by atoms with van der Waals surface area (Å²) in [5, 5.41) is 0. The topological polar surface area (TPSA) is 52.6 Å². The van der Waals surface area contributed by atoms with Gasteiger partial charge in [0.1, 0.15) is 0 Å². The predicted molar refractivity (Wildman–Crippen MR) is 117 cm³/mol. The molecule has 0 bridgehead atoms. The fraction of sp³-hybridized carbons (Fsp3) is 0.250. The van der Waals surface area contributed by atoms with Crippen LogP contribution in [-0.2, 0) is 31.0 Å². The van der Waals surface area contributed by atoms with E-state index in [2.05, 4.69) is 43.4 Å². The first-order chi connectivity index (χ1) is 14.3. The molecule has 0 saturated heterocycles. The second-order valence-electron chi connectivity index (χ2n) is 8.26. The molecule has 0 aliphatic heterocycles. The third kappa shape index (κ3) is 2.83. The van der Waals surface area contributed by atoms with Gasteiger partial charge in [-0.25, -0.2) is 0 Å². The Kier molecular flexibility index (Phi) is 5.25. The monoisotopic (exact) mass is 454 g/mol. The van der Waals surface area contributed by atoms with Gasteiger partial charge in [0.25, 0.3) is 0 Å². The van der Waals surface area contributed by atoms with Crippen molar-refractivity contribution < 1.29 is 31.0 Å². The summed E-state index contributed by atoms with van der Waals surface area (Å²) in [6, 6.07) is 16.5. The summed E-state index contributed by atoms with van der Waals surface area (Å²) in [5.41, 5.74) is 4.44. The molecule has 0 spiro atoms. The minimum atomic E-state index is -4.98. The van der Waals surface area contributed by atoms with Gasteiger partial charge in [-0.15, -0.1) is 0 Å². The standard InChI is InChI=1S/C13H9.C5H5.2C2H4O2.C2H6Si.Ti/c1-3-7-12-10(5-1)9-11-6-2-4-8-13(11)12;1-2-4-5-3-1;2*1-2(3)4;1-3-2;/h1-9H;1-3H,4H2;2*1H3,(H,3,4);1-2H3;/q;;;;;+2/p-2. The van der Waals surface area contributed by atoms with E-state index in [0.717, 1.165) is 26.1 Å². The first-order valence-corrected chi connectivity index (χ1v) is 18.0. The zero-order valence-electron chi connectivity index (χ0n) is 17.8. The van der Waals surface area contributed by atoms with Crippen molar-refractivity contribution >= 4 is 18.1 Å². The first-order valence-electron chi connectivity index (χ1n) is 10.2. The molecule has 0 N–H and O–H groups in total. The van der Waals surface area contributed by atoms with E-state index in [9.17, 15) is 9.59 Å². The van der Waals surface area contributed by atoms with E-state index in [-0.39, 0.29) is 16.2 Å². The molecule has 30 heavy (non-hydrogen) atoms. The van der Waals surface area contributed by atoms with E-state index in [0.29, 0.717) is 6.42 Å². The molecular formula is C24H26O4SiTi. The summed E-state index contributed by atoms with van der Waals surface area (Å²) < 4.78 is 13.8. The van der Waals surface area contributed by atoms with Crippen LogP contribution >= 0.6 is 0 Å². The fourth-order valence-corrected chi connectivity index (χ4v) is 25.0. The molecule has 0 amide bonds. The van der Waals surface area contributed by atoms with Crippen LogP contribution in [0.15, 0.2) is 70.6 Å². The van der Waals surface area contributed by atoms with Crippen molar-refractivity contribution in [3.05, 3.63) is 81.8 Å². The zero-order chi connectivity index (χ0) is 21.5. The first kappa shape index (κ1) is 21.0. The summed E-state index contributed by atoms with van der Waals surface area (Å²) in [5.74, 6) is -0.761. The Balaban J connectivity index is 2.22. The Morgan fingerprint density at radius 1 is 0.900 bits per heavy atom. The Labute approximate surface area is 179 Å². The van der Waals surface area contributed by atoms with Gasteiger partial charge in [0.15, 0.2) is 0 Å². The summed E-state index contributed by atoms with van der Waals surface area (Å²) >= 11 is -4.98. The normalized spacial score (nSPS) is 15.3. The number of benzene rings is 2. The van der Waals surface area contributed by atoms with E-state index in [1.54, 1.807) is 0 Å². The van der Waals surface area contributed by atoms with Gasteiger partial charge >= 0.3 is 180 Å². The van der Waals surface area contributed by atoms with Crippen LogP contribution in [0.5, 0.6) is 0 Å². The summed E-state index contributed by atoms with van der Waals surface area (Å²) in [6.07, 6.45) is 5.29. The number of carbonyl (C=O) groups is 2. The van der Waals surface area contributed by atoms with Crippen LogP contribution in [0.4, 0.5) is 0 Å². The number of hydrogen-bond donors (Lipinski definition) is 0. The van der Waals surface area contributed by atoms with E-state index < -0.39 is 21.0 Å². The van der Waals surface area contributed by atoms with Crippen molar-refractivity contribution in [2.45, 2.75) is 37.6 Å². The van der Waals surface area contributed by atoms with Crippen LogP contribution in [-0.4, -0.2) is 18.1 Å². The van der Waals surface area contributed by atoms with E-state index in [4.69, 9.17) is 6.64 Å².